The van der Waals surface area contributed by atoms with Crippen LogP contribution < -0.4 is 4.90 Å². The number of rotatable bonds is 8. The monoisotopic (exact) mass is 688 g/mol. The van der Waals surface area contributed by atoms with E-state index in [0.717, 1.165) is 23.7 Å². The van der Waals surface area contributed by atoms with E-state index in [1.165, 1.54) is 29.2 Å². The van der Waals surface area contributed by atoms with Gasteiger partial charge in [-0.05, 0) is 91.8 Å². The molecule has 3 aromatic carbocycles. The van der Waals surface area contributed by atoms with Gasteiger partial charge in [0.1, 0.15) is 5.82 Å². The van der Waals surface area contributed by atoms with E-state index in [2.05, 4.69) is 15.9 Å². The van der Waals surface area contributed by atoms with Crippen molar-refractivity contribution in [2.75, 3.05) is 10.8 Å². The smallest absolute Gasteiger partial charge is 0.339 e. The number of nitrogens with zero attached hydrogens (tertiary/aromatic N) is 2. The van der Waals surface area contributed by atoms with Crippen molar-refractivity contribution in [2.45, 2.75) is 31.8 Å². The lowest BCUT2D eigenvalue weighted by Crippen LogP contribution is -2.32. The molecule has 1 aromatic heterocycles. The van der Waals surface area contributed by atoms with Gasteiger partial charge in [0, 0.05) is 33.3 Å². The van der Waals surface area contributed by atoms with Crippen LogP contribution in [0.1, 0.15) is 46.4 Å². The highest BCUT2D eigenvalue weighted by Crippen LogP contribution is 2.56. The average molecular weight is 690 g/mol. The summed E-state index contributed by atoms with van der Waals surface area (Å²) in [6, 6.07) is 19.0. The topological polar surface area (TPSA) is 93.6 Å². The number of ether oxygens (including phenoxy) is 1. The molecule has 7 rings (SSSR count). The van der Waals surface area contributed by atoms with E-state index >= 15 is 0 Å². The van der Waals surface area contributed by atoms with E-state index in [9.17, 15) is 23.6 Å². The van der Waals surface area contributed by atoms with Gasteiger partial charge in [0.25, 0.3) is 0 Å². The van der Waals surface area contributed by atoms with Crippen molar-refractivity contribution in [3.63, 3.8) is 0 Å². The fourth-order valence-corrected chi connectivity index (χ4v) is 7.85. The summed E-state index contributed by atoms with van der Waals surface area (Å²) < 4.78 is 19.9. The Labute approximate surface area is 271 Å². The molecule has 3 fully saturated rings. The van der Waals surface area contributed by atoms with Crippen LogP contribution >= 0.6 is 27.5 Å². The summed E-state index contributed by atoms with van der Waals surface area (Å²) in [6.45, 7) is 0. The predicted octanol–water partition coefficient (Wildman–Crippen LogP) is 7.38. The Morgan fingerprint density at radius 2 is 1.62 bits per heavy atom. The second-order valence-electron chi connectivity index (χ2n) is 11.9. The van der Waals surface area contributed by atoms with Crippen molar-refractivity contribution < 1.29 is 28.3 Å². The number of pyridine rings is 1. The van der Waals surface area contributed by atoms with Crippen LogP contribution in [0, 0.1) is 29.5 Å². The van der Waals surface area contributed by atoms with E-state index in [4.69, 9.17) is 21.3 Å². The molecule has 2 bridgehead atoms. The number of anilines is 1. The van der Waals surface area contributed by atoms with Gasteiger partial charge in [-0.2, -0.15) is 0 Å². The maximum Gasteiger partial charge on any atom is 0.339 e. The molecule has 1 saturated heterocycles. The van der Waals surface area contributed by atoms with Gasteiger partial charge in [-0.25, -0.2) is 14.2 Å². The highest BCUT2D eigenvalue weighted by molar-refractivity contribution is 9.10. The molecule has 2 saturated carbocycles. The Balaban J connectivity index is 1.19. The van der Waals surface area contributed by atoms with Crippen molar-refractivity contribution in [1.82, 2.24) is 4.98 Å². The number of hydrogen-bond donors (Lipinski definition) is 0. The van der Waals surface area contributed by atoms with E-state index in [-0.39, 0.29) is 47.1 Å². The van der Waals surface area contributed by atoms with Gasteiger partial charge >= 0.3 is 5.97 Å². The molecule has 0 N–H and O–H groups in total. The maximum atomic E-state index is 13.7. The van der Waals surface area contributed by atoms with Gasteiger partial charge < -0.3 is 4.74 Å². The highest BCUT2D eigenvalue weighted by Gasteiger charge is 2.61. The number of aromatic nitrogens is 1. The summed E-state index contributed by atoms with van der Waals surface area (Å²) in [6.07, 6.45) is 1.89. The third kappa shape index (κ3) is 5.25. The minimum absolute atomic E-state index is 0.0654. The number of imide groups is 1. The quantitative estimate of drug-likeness (QED) is 0.0830. The first-order chi connectivity index (χ1) is 21.7. The first-order valence-electron chi connectivity index (χ1n) is 14.9. The van der Waals surface area contributed by atoms with Gasteiger partial charge in [0.2, 0.25) is 17.6 Å². The molecule has 1 aliphatic heterocycles. The second kappa shape index (κ2) is 11.8. The molecular formula is C35H27BrClFN2O5. The van der Waals surface area contributed by atoms with Crippen LogP contribution in [0.4, 0.5) is 10.1 Å². The zero-order valence-corrected chi connectivity index (χ0v) is 26.3. The lowest BCUT2D eigenvalue weighted by atomic mass is 9.81. The molecule has 2 amide bonds. The number of amides is 2. The highest BCUT2D eigenvalue weighted by atomic mass is 79.9. The second-order valence-corrected chi connectivity index (χ2v) is 13.2. The molecule has 7 nitrogen and oxygen atoms in total. The molecule has 0 radical (unpaired) electrons. The summed E-state index contributed by atoms with van der Waals surface area (Å²) in [5.74, 6) is -1.66. The molecule has 3 aliphatic rings. The number of Topliss-reactive ketones (excluding diaryl/α,β-unsaturated/α-hetero) is 1. The Morgan fingerprint density at radius 3 is 2.27 bits per heavy atom. The summed E-state index contributed by atoms with van der Waals surface area (Å²) in [5, 5.41) is 0.517. The SMILES string of the molecule is O=C(O[C@H](CCCl)C(=O)c1ccc(F)cc1)c1cc(-c2ccc(N3C(=O)[C@@H]4[C@H]5CC[C@@H](C5)[C@@H]4C3=O)cc2)nc2ccc(Br)cc12. The third-order valence-electron chi connectivity index (χ3n) is 9.38. The zero-order valence-electron chi connectivity index (χ0n) is 23.9. The molecule has 5 atom stereocenters. The van der Waals surface area contributed by atoms with Crippen LogP contribution in [0.25, 0.3) is 22.2 Å². The van der Waals surface area contributed by atoms with Gasteiger partial charge in [0.15, 0.2) is 6.10 Å². The van der Waals surface area contributed by atoms with Crippen molar-refractivity contribution >= 4 is 67.7 Å². The van der Waals surface area contributed by atoms with Gasteiger partial charge in [-0.15, -0.1) is 11.6 Å². The standard InChI is InChI=1S/C35H27BrClFN2O5/c36-22-7-12-27-25(16-22)26(35(44)45-29(13-14-37)32(41)19-3-8-23(38)9-4-19)17-28(39-27)18-5-10-24(11-6-18)40-33(42)30-20-1-2-21(15-20)31(30)34(40)43/h3-12,16-17,20-21,29-31H,1-2,13-15H2/t20-,21-,29+,30-,31+/m0/s1. The number of ketones is 1. The molecule has 45 heavy (non-hydrogen) atoms. The minimum Gasteiger partial charge on any atom is -0.450 e. The molecular weight excluding hydrogens is 663 g/mol. The number of fused-ring (bicyclic) bond motifs is 6. The number of alkyl halides is 1. The Morgan fingerprint density at radius 1 is 0.956 bits per heavy atom. The zero-order chi connectivity index (χ0) is 31.4. The fourth-order valence-electron chi connectivity index (χ4n) is 7.29. The summed E-state index contributed by atoms with van der Waals surface area (Å²) >= 11 is 9.41. The largest absolute Gasteiger partial charge is 0.450 e. The van der Waals surface area contributed by atoms with Crippen LogP contribution in [0.3, 0.4) is 0 Å². The maximum absolute atomic E-state index is 13.7. The number of esters is 1. The first-order valence-corrected chi connectivity index (χ1v) is 16.2. The van der Waals surface area contributed by atoms with Crippen molar-refractivity contribution in [3.05, 3.63) is 94.2 Å². The van der Waals surface area contributed by atoms with Crippen LogP contribution in [0.2, 0.25) is 0 Å². The number of benzene rings is 3. The Hall–Kier alpha value is -3.95. The normalized spacial score (nSPS) is 22.6. The Kier molecular flexibility index (Phi) is 7.78. The third-order valence-corrected chi connectivity index (χ3v) is 10.1. The molecule has 10 heteroatoms. The number of carbonyl (C=O) groups is 4. The molecule has 228 valence electrons. The molecule has 2 heterocycles. The van der Waals surface area contributed by atoms with Crippen molar-refractivity contribution in [1.29, 1.82) is 0 Å². The fraction of sp³-hybridized carbons (Fsp3) is 0.286. The summed E-state index contributed by atoms with van der Waals surface area (Å²) in [5.41, 5.74) is 2.58. The van der Waals surface area contributed by atoms with Crippen LogP contribution in [0.15, 0.2) is 77.3 Å². The van der Waals surface area contributed by atoms with Crippen LogP contribution in [0.5, 0.6) is 0 Å². The predicted molar refractivity (Wildman–Crippen MR) is 170 cm³/mol. The minimum atomic E-state index is -1.18. The van der Waals surface area contributed by atoms with Gasteiger partial charge in [-0.3, -0.25) is 19.3 Å². The van der Waals surface area contributed by atoms with Gasteiger partial charge in [0.05, 0.1) is 34.3 Å². The lowest BCUT2D eigenvalue weighted by Gasteiger charge is -2.19. The van der Waals surface area contributed by atoms with E-state index in [1.54, 1.807) is 48.5 Å². The summed E-state index contributed by atoms with van der Waals surface area (Å²) in [4.78, 5) is 59.6. The molecule has 0 unspecified atom stereocenters. The molecule has 4 aromatic rings. The van der Waals surface area contributed by atoms with Crippen molar-refractivity contribution in [2.24, 2.45) is 23.7 Å². The van der Waals surface area contributed by atoms with E-state index < -0.39 is 23.7 Å². The molecule has 0 spiro atoms. The number of halogens is 3. The van der Waals surface area contributed by atoms with Crippen LogP contribution in [-0.4, -0.2) is 40.5 Å². The first kappa shape index (κ1) is 29.7. The molecule has 2 aliphatic carbocycles. The number of hydrogen-bond acceptors (Lipinski definition) is 6. The van der Waals surface area contributed by atoms with Crippen LogP contribution in [-0.2, 0) is 14.3 Å². The average Bonchev–Trinajstić information content (AvgIpc) is 3.73. The van der Waals surface area contributed by atoms with Crippen molar-refractivity contribution in [3.8, 4) is 11.3 Å². The summed E-state index contributed by atoms with van der Waals surface area (Å²) in [7, 11) is 0. The lowest BCUT2D eigenvalue weighted by molar-refractivity contribution is -0.123. The van der Waals surface area contributed by atoms with Gasteiger partial charge in [-0.1, -0.05) is 28.1 Å². The number of carbonyl (C=O) groups excluding carboxylic acids is 4. The van der Waals surface area contributed by atoms with E-state index in [0.29, 0.717) is 39.7 Å². The van der Waals surface area contributed by atoms with E-state index in [1.807, 2.05) is 0 Å². The Bertz CT molecular complexity index is 1840.